The molecule has 3 aromatic carbocycles. The lowest BCUT2D eigenvalue weighted by Crippen LogP contribution is -2.28. The zero-order valence-corrected chi connectivity index (χ0v) is 20.0. The summed E-state index contributed by atoms with van der Waals surface area (Å²) in [6.07, 6.45) is 0. The lowest BCUT2D eigenvalue weighted by molar-refractivity contribution is -0.110. The maximum atomic E-state index is 13.1. The first-order valence-corrected chi connectivity index (χ1v) is 11.4. The maximum Gasteiger partial charge on any atom is 0.338 e. The van der Waals surface area contributed by atoms with E-state index in [0.29, 0.717) is 38.8 Å². The van der Waals surface area contributed by atoms with Gasteiger partial charge in [0.15, 0.2) is 0 Å². The Morgan fingerprint density at radius 1 is 1.06 bits per heavy atom. The van der Waals surface area contributed by atoms with Gasteiger partial charge in [-0.05, 0) is 56.2 Å². The Morgan fingerprint density at radius 3 is 2.44 bits per heavy atom. The zero-order chi connectivity index (χ0) is 24.5. The van der Waals surface area contributed by atoms with E-state index in [4.69, 9.17) is 22.1 Å². The molecule has 6 nitrogen and oxygen atoms in total. The number of carbonyl (C=O) groups is 2. The topological polar surface area (TPSA) is 93.4 Å². The number of anilines is 2. The van der Waals surface area contributed by atoms with Crippen molar-refractivity contribution in [2.75, 3.05) is 17.2 Å². The van der Waals surface area contributed by atoms with E-state index in [-0.39, 0.29) is 12.5 Å². The lowest BCUT2D eigenvalue weighted by atomic mass is 9.95. The van der Waals surface area contributed by atoms with E-state index >= 15 is 0 Å². The van der Waals surface area contributed by atoms with Gasteiger partial charge in [0.2, 0.25) is 0 Å². The third-order valence-electron chi connectivity index (χ3n) is 5.52. The molecule has 34 heavy (non-hydrogen) atoms. The van der Waals surface area contributed by atoms with Gasteiger partial charge in [-0.3, -0.25) is 4.79 Å². The molecular formula is C27H26ClN3O3. The summed E-state index contributed by atoms with van der Waals surface area (Å²) < 4.78 is 5.08. The fourth-order valence-corrected chi connectivity index (χ4v) is 4.33. The first-order valence-electron chi connectivity index (χ1n) is 11.0. The second-order valence-electron chi connectivity index (χ2n) is 8.59. The van der Waals surface area contributed by atoms with E-state index in [0.717, 1.165) is 11.1 Å². The molecule has 0 bridgehead atoms. The Kier molecular flexibility index (Phi) is 6.46. The number of carbonyl (C=O) groups excluding carboxylic acids is 2. The van der Waals surface area contributed by atoms with Crippen LogP contribution in [0, 0.1) is 0 Å². The molecular weight excluding hydrogens is 450 g/mol. The Balaban J connectivity index is 1.82. The molecule has 0 atom stereocenters. The van der Waals surface area contributed by atoms with Crippen molar-refractivity contribution in [3.05, 3.63) is 94.0 Å². The van der Waals surface area contributed by atoms with Crippen molar-refractivity contribution in [2.24, 2.45) is 5.73 Å². The average Bonchev–Trinajstić information content (AvgIpc) is 3.12. The number of hydrogen-bond acceptors (Lipinski definition) is 5. The SMILES string of the molecule is CCOC(=O)c1ccc2c(c1)NC(=O)C2=C(Nc1ccc(C(C)(C)N)c(Cl)c1)c1ccccc1. The molecule has 4 rings (SSSR count). The van der Waals surface area contributed by atoms with Crippen LogP contribution in [0.15, 0.2) is 66.7 Å². The number of halogens is 1. The highest BCUT2D eigenvalue weighted by Gasteiger charge is 2.29. The summed E-state index contributed by atoms with van der Waals surface area (Å²) in [4.78, 5) is 25.3. The minimum Gasteiger partial charge on any atom is -0.462 e. The van der Waals surface area contributed by atoms with Crippen LogP contribution < -0.4 is 16.4 Å². The Morgan fingerprint density at radius 2 is 1.79 bits per heavy atom. The molecule has 0 aliphatic carbocycles. The predicted molar refractivity (Wildman–Crippen MR) is 137 cm³/mol. The van der Waals surface area contributed by atoms with Crippen molar-refractivity contribution in [1.29, 1.82) is 0 Å². The van der Waals surface area contributed by atoms with E-state index < -0.39 is 11.5 Å². The lowest BCUT2D eigenvalue weighted by Gasteiger charge is -2.22. The molecule has 0 fully saturated rings. The molecule has 1 heterocycles. The fraction of sp³-hybridized carbons (Fsp3) is 0.185. The van der Waals surface area contributed by atoms with Gasteiger partial charge in [0.05, 0.1) is 29.1 Å². The van der Waals surface area contributed by atoms with Crippen LogP contribution in [0.25, 0.3) is 11.3 Å². The smallest absolute Gasteiger partial charge is 0.338 e. The Bertz CT molecular complexity index is 1290. The van der Waals surface area contributed by atoms with Crippen molar-refractivity contribution < 1.29 is 14.3 Å². The first kappa shape index (κ1) is 23.5. The summed E-state index contributed by atoms with van der Waals surface area (Å²) >= 11 is 6.53. The fourth-order valence-electron chi connectivity index (χ4n) is 3.91. The van der Waals surface area contributed by atoms with Crippen molar-refractivity contribution >= 4 is 46.1 Å². The average molecular weight is 476 g/mol. The second kappa shape index (κ2) is 9.33. The van der Waals surface area contributed by atoms with E-state index in [9.17, 15) is 9.59 Å². The van der Waals surface area contributed by atoms with E-state index in [1.807, 2.05) is 56.3 Å². The van der Waals surface area contributed by atoms with Crippen LogP contribution in [-0.2, 0) is 15.1 Å². The Hall–Kier alpha value is -3.61. The third kappa shape index (κ3) is 4.69. The molecule has 0 saturated heterocycles. The standard InChI is InChI=1S/C27H26ClN3O3/c1-4-34-26(33)17-10-12-19-22(14-17)31-25(32)23(19)24(16-8-6-5-7-9-16)30-18-11-13-20(21(28)15-18)27(2,3)29/h5-15,30H,4,29H2,1-3H3,(H,31,32). The van der Waals surface area contributed by atoms with Crippen LogP contribution in [0.1, 0.15) is 47.8 Å². The maximum absolute atomic E-state index is 13.1. The van der Waals surface area contributed by atoms with Crippen molar-refractivity contribution in [3.63, 3.8) is 0 Å². The number of rotatable bonds is 6. The number of ether oxygens (including phenoxy) is 1. The molecule has 0 aromatic heterocycles. The number of hydrogen-bond donors (Lipinski definition) is 3. The highest BCUT2D eigenvalue weighted by atomic mass is 35.5. The molecule has 4 N–H and O–H groups in total. The summed E-state index contributed by atoms with van der Waals surface area (Å²) in [5.74, 6) is -0.705. The largest absolute Gasteiger partial charge is 0.462 e. The summed E-state index contributed by atoms with van der Waals surface area (Å²) in [5.41, 5.74) is 10.7. The highest BCUT2D eigenvalue weighted by molar-refractivity contribution is 6.37. The van der Waals surface area contributed by atoms with Gasteiger partial charge in [0.1, 0.15) is 0 Å². The molecule has 0 spiro atoms. The number of benzene rings is 3. The monoisotopic (exact) mass is 475 g/mol. The van der Waals surface area contributed by atoms with Crippen LogP contribution in [0.2, 0.25) is 5.02 Å². The Labute approximate surface area is 203 Å². The van der Waals surface area contributed by atoms with Crippen LogP contribution in [-0.4, -0.2) is 18.5 Å². The van der Waals surface area contributed by atoms with Crippen LogP contribution in [0.4, 0.5) is 11.4 Å². The van der Waals surface area contributed by atoms with E-state index in [1.165, 1.54) is 0 Å². The van der Waals surface area contributed by atoms with Gasteiger partial charge in [0, 0.05) is 21.8 Å². The molecule has 1 aliphatic rings. The first-order chi connectivity index (χ1) is 16.2. The zero-order valence-electron chi connectivity index (χ0n) is 19.2. The number of fused-ring (bicyclic) bond motifs is 1. The van der Waals surface area contributed by atoms with Gasteiger partial charge < -0.3 is 21.1 Å². The molecule has 0 unspecified atom stereocenters. The van der Waals surface area contributed by atoms with Gasteiger partial charge >= 0.3 is 5.97 Å². The molecule has 1 aliphatic heterocycles. The van der Waals surface area contributed by atoms with Crippen LogP contribution in [0.5, 0.6) is 0 Å². The molecule has 7 heteroatoms. The van der Waals surface area contributed by atoms with Crippen molar-refractivity contribution in [1.82, 2.24) is 0 Å². The van der Waals surface area contributed by atoms with E-state index in [1.54, 1.807) is 31.2 Å². The molecule has 1 amide bonds. The highest BCUT2D eigenvalue weighted by Crippen LogP contribution is 2.39. The van der Waals surface area contributed by atoms with Crippen LogP contribution >= 0.6 is 11.6 Å². The molecule has 0 radical (unpaired) electrons. The quantitative estimate of drug-likeness (QED) is 0.316. The predicted octanol–water partition coefficient (Wildman–Crippen LogP) is 5.64. The van der Waals surface area contributed by atoms with Gasteiger partial charge in [-0.2, -0.15) is 0 Å². The second-order valence-corrected chi connectivity index (χ2v) is 9.00. The van der Waals surface area contributed by atoms with Gasteiger partial charge in [-0.15, -0.1) is 0 Å². The van der Waals surface area contributed by atoms with Crippen LogP contribution in [0.3, 0.4) is 0 Å². The van der Waals surface area contributed by atoms with Crippen molar-refractivity contribution in [3.8, 4) is 0 Å². The van der Waals surface area contributed by atoms with Gasteiger partial charge in [0.25, 0.3) is 5.91 Å². The molecule has 3 aromatic rings. The normalized spacial score (nSPS) is 14.3. The summed E-state index contributed by atoms with van der Waals surface area (Å²) in [6.45, 7) is 5.81. The summed E-state index contributed by atoms with van der Waals surface area (Å²) in [6, 6.07) is 20.2. The minimum absolute atomic E-state index is 0.270. The summed E-state index contributed by atoms with van der Waals surface area (Å²) in [5, 5.41) is 6.79. The number of amides is 1. The summed E-state index contributed by atoms with van der Waals surface area (Å²) in [7, 11) is 0. The number of esters is 1. The number of nitrogens with two attached hydrogens (primary N) is 1. The minimum atomic E-state index is -0.586. The van der Waals surface area contributed by atoms with E-state index in [2.05, 4.69) is 10.6 Å². The van der Waals surface area contributed by atoms with Crippen molar-refractivity contribution in [2.45, 2.75) is 26.3 Å². The van der Waals surface area contributed by atoms with Gasteiger partial charge in [-0.25, -0.2) is 4.79 Å². The molecule has 174 valence electrons. The third-order valence-corrected chi connectivity index (χ3v) is 5.83. The van der Waals surface area contributed by atoms with Gasteiger partial charge in [-0.1, -0.05) is 54.1 Å². The number of nitrogens with one attached hydrogen (secondary N) is 2. The molecule has 0 saturated carbocycles.